The van der Waals surface area contributed by atoms with E-state index in [4.69, 9.17) is 4.98 Å². The van der Waals surface area contributed by atoms with E-state index < -0.39 is 6.37 Å². The molecule has 3 aliphatic rings. The molecule has 3 fully saturated rings. The molecule has 1 nitrogen and oxygen atoms in total. The Bertz CT molecular complexity index is 1560. The summed E-state index contributed by atoms with van der Waals surface area (Å²) in [6.07, 6.45) is 6.49. The van der Waals surface area contributed by atoms with Crippen LogP contribution in [0.15, 0.2) is 85.1 Å². The molecule has 0 amide bonds. The van der Waals surface area contributed by atoms with E-state index in [0.717, 1.165) is 23.2 Å². The topological polar surface area (TPSA) is 12.9 Å². The molecule has 1 atom stereocenters. The van der Waals surface area contributed by atoms with E-state index in [1.807, 2.05) is 29.7 Å². The van der Waals surface area contributed by atoms with Crippen LogP contribution in [0.5, 0.6) is 0 Å². The highest BCUT2D eigenvalue weighted by atomic mass is 32.1. The van der Waals surface area contributed by atoms with Crippen LogP contribution in [0, 0.1) is 17.8 Å². The molecule has 3 saturated carbocycles. The third-order valence-electron chi connectivity index (χ3n) is 8.04. The third-order valence-corrected chi connectivity index (χ3v) is 9.24. The second kappa shape index (κ2) is 8.36. The summed E-state index contributed by atoms with van der Waals surface area (Å²) in [5, 5.41) is 2.51. The van der Waals surface area contributed by atoms with E-state index in [0.29, 0.717) is 11.8 Å². The van der Waals surface area contributed by atoms with Gasteiger partial charge in [-0.3, -0.25) is 4.98 Å². The number of nitrogens with zero attached hydrogens (tertiary/aromatic N) is 1. The number of hydrogen-bond acceptors (Lipinski definition) is 2. The molecule has 3 aromatic carbocycles. The van der Waals surface area contributed by atoms with E-state index >= 15 is 0 Å². The van der Waals surface area contributed by atoms with Crippen LogP contribution in [0.4, 0.5) is 0 Å². The molecule has 2 bridgehead atoms. The molecular weight excluding hydrogens is 430 g/mol. The van der Waals surface area contributed by atoms with Gasteiger partial charge in [-0.15, -0.1) is 11.3 Å². The Morgan fingerprint density at radius 2 is 1.71 bits per heavy atom. The minimum absolute atomic E-state index is 0.122. The van der Waals surface area contributed by atoms with Crippen molar-refractivity contribution in [3.05, 3.63) is 90.6 Å². The van der Waals surface area contributed by atoms with Gasteiger partial charge in [0.05, 0.1) is 5.69 Å². The first-order valence-corrected chi connectivity index (χ1v) is 13.4. The lowest BCUT2D eigenvalue weighted by molar-refractivity contribution is 0.0991. The van der Waals surface area contributed by atoms with Crippen molar-refractivity contribution >= 4 is 31.5 Å². The van der Waals surface area contributed by atoms with Gasteiger partial charge in [-0.05, 0) is 78.3 Å². The summed E-state index contributed by atoms with van der Waals surface area (Å²) in [6, 6.07) is 27.6. The smallest absolute Gasteiger partial charge is 0.0719 e. The molecule has 5 aromatic rings. The summed E-state index contributed by atoms with van der Waals surface area (Å²) in [5.41, 5.74) is 5.21. The zero-order chi connectivity index (χ0) is 24.3. The number of aromatic nitrogens is 1. The number of fused-ring (bicyclic) bond motifs is 6. The molecule has 2 heterocycles. The lowest BCUT2D eigenvalue weighted by atomic mass is 9.63. The van der Waals surface area contributed by atoms with Crippen LogP contribution in [0.2, 0.25) is 0 Å². The van der Waals surface area contributed by atoms with Crippen molar-refractivity contribution in [1.82, 2.24) is 4.98 Å². The van der Waals surface area contributed by atoms with E-state index in [1.54, 1.807) is 0 Å². The molecule has 0 aliphatic heterocycles. The SMILES string of the molecule is [2H]C([2H])(c1ccnc(-c2cccc3c2sc2cc(-c4ccccc4)ccc23)c1)C1CC2CCC1CC2. The first-order valence-electron chi connectivity index (χ1n) is 13.6. The summed E-state index contributed by atoms with van der Waals surface area (Å²) in [7, 11) is 0. The Labute approximate surface area is 208 Å². The van der Waals surface area contributed by atoms with Crippen LogP contribution < -0.4 is 0 Å². The molecule has 0 spiro atoms. The highest BCUT2D eigenvalue weighted by molar-refractivity contribution is 7.26. The molecule has 2 heteroatoms. The van der Waals surface area contributed by atoms with E-state index in [-0.39, 0.29) is 5.92 Å². The monoisotopic (exact) mass is 461 g/mol. The molecule has 0 N–H and O–H groups in total. The molecule has 0 saturated heterocycles. The third kappa shape index (κ3) is 3.56. The predicted molar refractivity (Wildman–Crippen MR) is 145 cm³/mol. The maximum Gasteiger partial charge on any atom is 0.0719 e. The Balaban J connectivity index is 1.30. The Morgan fingerprint density at radius 3 is 2.53 bits per heavy atom. The number of benzene rings is 3. The van der Waals surface area contributed by atoms with Gasteiger partial charge in [0.25, 0.3) is 0 Å². The van der Waals surface area contributed by atoms with Crippen LogP contribution in [0.3, 0.4) is 0 Å². The number of thiophene rings is 1. The van der Waals surface area contributed by atoms with Crippen LogP contribution in [0.1, 0.15) is 40.4 Å². The van der Waals surface area contributed by atoms with Gasteiger partial charge in [0, 0.05) is 34.7 Å². The van der Waals surface area contributed by atoms with Crippen molar-refractivity contribution in [3.8, 4) is 22.4 Å². The molecule has 0 radical (unpaired) electrons. The van der Waals surface area contributed by atoms with Gasteiger partial charge in [-0.1, -0.05) is 73.5 Å². The second-order valence-corrected chi connectivity index (χ2v) is 11.1. The molecule has 8 rings (SSSR count). The van der Waals surface area contributed by atoms with Gasteiger partial charge in [-0.25, -0.2) is 0 Å². The minimum Gasteiger partial charge on any atom is -0.256 e. The standard InChI is InChI=1S/C32H29NS/c1-2-5-23(6-3-1)25-13-14-27-28-7-4-8-29(32(28)34-31(27)20-25)30-19-22(15-16-33-30)18-26-17-21-9-11-24(26)12-10-21/h1-8,13-16,19-21,24,26H,9-12,17-18H2/i18D2. The lowest BCUT2D eigenvalue weighted by Gasteiger charge is -2.42. The van der Waals surface area contributed by atoms with Crippen molar-refractivity contribution in [2.24, 2.45) is 17.8 Å². The quantitative estimate of drug-likeness (QED) is 0.260. The zero-order valence-corrected chi connectivity index (χ0v) is 20.0. The molecule has 168 valence electrons. The zero-order valence-electron chi connectivity index (χ0n) is 21.2. The van der Waals surface area contributed by atoms with Crippen LogP contribution in [-0.2, 0) is 6.37 Å². The predicted octanol–water partition coefficient (Wildman–Crippen LogP) is 9.15. The fraction of sp³-hybridized carbons (Fsp3) is 0.281. The first-order chi connectivity index (χ1) is 17.6. The fourth-order valence-electron chi connectivity index (χ4n) is 6.25. The van der Waals surface area contributed by atoms with E-state index in [1.165, 1.54) is 57.0 Å². The van der Waals surface area contributed by atoms with Crippen LogP contribution in [0.25, 0.3) is 42.6 Å². The summed E-state index contributed by atoms with van der Waals surface area (Å²) >= 11 is 1.81. The Morgan fingerprint density at radius 1 is 0.824 bits per heavy atom. The van der Waals surface area contributed by atoms with Crippen LogP contribution in [-0.4, -0.2) is 4.98 Å². The Hall–Kier alpha value is -2.97. The van der Waals surface area contributed by atoms with Gasteiger partial charge in [-0.2, -0.15) is 0 Å². The van der Waals surface area contributed by atoms with Gasteiger partial charge in [0.1, 0.15) is 0 Å². The van der Waals surface area contributed by atoms with Gasteiger partial charge >= 0.3 is 0 Å². The second-order valence-electron chi connectivity index (χ2n) is 10.1. The molecule has 1 unspecified atom stereocenters. The van der Waals surface area contributed by atoms with Gasteiger partial charge in [0.2, 0.25) is 0 Å². The van der Waals surface area contributed by atoms with Crippen LogP contribution >= 0.6 is 11.3 Å². The average molecular weight is 462 g/mol. The summed E-state index contributed by atoms with van der Waals surface area (Å²) in [4.78, 5) is 4.74. The largest absolute Gasteiger partial charge is 0.256 e. The van der Waals surface area contributed by atoms with Gasteiger partial charge in [0.15, 0.2) is 0 Å². The van der Waals surface area contributed by atoms with Crippen molar-refractivity contribution < 1.29 is 2.74 Å². The van der Waals surface area contributed by atoms with Crippen molar-refractivity contribution in [3.63, 3.8) is 0 Å². The Kier molecular flexibility index (Phi) is 4.52. The first kappa shape index (κ1) is 18.4. The lowest BCUT2D eigenvalue weighted by Crippen LogP contribution is -2.32. The van der Waals surface area contributed by atoms with E-state index in [2.05, 4.69) is 66.7 Å². The van der Waals surface area contributed by atoms with Crippen molar-refractivity contribution in [2.45, 2.75) is 38.5 Å². The molecule has 2 aromatic heterocycles. The van der Waals surface area contributed by atoms with E-state index in [9.17, 15) is 2.74 Å². The maximum atomic E-state index is 9.17. The molecular formula is C32H29NS. The maximum absolute atomic E-state index is 9.17. The highest BCUT2D eigenvalue weighted by Gasteiger charge is 2.35. The normalized spacial score (nSPS) is 23.2. The van der Waals surface area contributed by atoms with Gasteiger partial charge < -0.3 is 0 Å². The number of rotatable bonds is 4. The summed E-state index contributed by atoms with van der Waals surface area (Å²) in [6.45, 7) is 0. The summed E-state index contributed by atoms with van der Waals surface area (Å²) < 4.78 is 20.8. The highest BCUT2D eigenvalue weighted by Crippen LogP contribution is 2.46. The summed E-state index contributed by atoms with van der Waals surface area (Å²) in [5.74, 6) is 1.35. The fourth-order valence-corrected chi connectivity index (χ4v) is 7.51. The van der Waals surface area contributed by atoms with Crippen molar-refractivity contribution in [2.75, 3.05) is 0 Å². The average Bonchev–Trinajstić information content (AvgIpc) is 3.32. The molecule has 3 aliphatic carbocycles. The number of hydrogen-bond donors (Lipinski definition) is 0. The molecule has 34 heavy (non-hydrogen) atoms. The minimum atomic E-state index is -1.32. The van der Waals surface area contributed by atoms with Crippen molar-refractivity contribution in [1.29, 1.82) is 0 Å². The number of pyridine rings is 1.